The Bertz CT molecular complexity index is 1030. The van der Waals surface area contributed by atoms with Crippen LogP contribution in [0.1, 0.15) is 11.1 Å². The van der Waals surface area contributed by atoms with E-state index in [2.05, 4.69) is 36.4 Å². The molecule has 0 spiro atoms. The third-order valence-electron chi connectivity index (χ3n) is 5.57. The third-order valence-corrected chi connectivity index (χ3v) is 7.23. The summed E-state index contributed by atoms with van der Waals surface area (Å²) in [6.45, 7) is -0.337. The van der Waals surface area contributed by atoms with Crippen molar-refractivity contribution in [2.24, 2.45) is 0 Å². The highest BCUT2D eigenvalue weighted by molar-refractivity contribution is 8.00. The van der Waals surface area contributed by atoms with E-state index in [0.29, 0.717) is 17.2 Å². The van der Waals surface area contributed by atoms with Gasteiger partial charge in [-0.25, -0.2) is 0 Å². The summed E-state index contributed by atoms with van der Waals surface area (Å²) in [4.78, 5) is 0. The predicted molar refractivity (Wildman–Crippen MR) is 127 cm³/mol. The lowest BCUT2D eigenvalue weighted by molar-refractivity contribution is -0.0910. The van der Waals surface area contributed by atoms with E-state index in [-0.39, 0.29) is 6.61 Å². The quantitative estimate of drug-likeness (QED) is 0.439. The molecule has 0 radical (unpaired) electrons. The Morgan fingerprint density at radius 3 is 2.19 bits per heavy atom. The molecule has 168 valence electrons. The van der Waals surface area contributed by atoms with Crippen LogP contribution in [0, 0.1) is 0 Å². The molecule has 3 aromatic carbocycles. The maximum atomic E-state index is 10.4. The van der Waals surface area contributed by atoms with E-state index >= 15 is 0 Å². The van der Waals surface area contributed by atoms with E-state index in [4.69, 9.17) is 16.3 Å². The molecule has 0 bridgehead atoms. The molecule has 0 amide bonds. The summed E-state index contributed by atoms with van der Waals surface area (Å²) in [7, 11) is 0. The van der Waals surface area contributed by atoms with Crippen LogP contribution in [0.2, 0.25) is 5.02 Å². The van der Waals surface area contributed by atoms with E-state index in [0.717, 1.165) is 34.0 Å². The third kappa shape index (κ3) is 5.12. The second kappa shape index (κ2) is 10.3. The van der Waals surface area contributed by atoms with Crippen LogP contribution in [-0.2, 0) is 6.42 Å². The first-order chi connectivity index (χ1) is 15.5. The van der Waals surface area contributed by atoms with Gasteiger partial charge in [0.1, 0.15) is 18.0 Å². The SMILES string of the molecule is OC[C@@H]1S[C@H](Oc2ccc(Cl)cc2Cc2ccc(-c3ccccc3)cc2)[C@H](O)[C@@H](O)[C@@H]1O. The summed E-state index contributed by atoms with van der Waals surface area (Å²) in [5, 5.41) is 40.0. The van der Waals surface area contributed by atoms with Crippen molar-refractivity contribution in [1.29, 1.82) is 0 Å². The summed E-state index contributed by atoms with van der Waals surface area (Å²) in [5.74, 6) is 0.526. The molecule has 1 heterocycles. The lowest BCUT2D eigenvalue weighted by atomic mass is 10.00. The fourth-order valence-electron chi connectivity index (χ4n) is 3.76. The van der Waals surface area contributed by atoms with Gasteiger partial charge in [-0.05, 0) is 34.9 Å². The van der Waals surface area contributed by atoms with Gasteiger partial charge in [0.15, 0.2) is 5.44 Å². The van der Waals surface area contributed by atoms with Crippen LogP contribution in [0.15, 0.2) is 72.8 Å². The molecular formula is C25H25ClO5S. The largest absolute Gasteiger partial charge is 0.477 e. The Hall–Kier alpha value is -2.06. The average Bonchev–Trinajstić information content (AvgIpc) is 2.82. The van der Waals surface area contributed by atoms with E-state index in [1.807, 2.05) is 24.3 Å². The van der Waals surface area contributed by atoms with Crippen molar-refractivity contribution in [3.05, 3.63) is 88.9 Å². The topological polar surface area (TPSA) is 90.2 Å². The summed E-state index contributed by atoms with van der Waals surface area (Å²) in [6, 6.07) is 23.6. The van der Waals surface area contributed by atoms with Gasteiger partial charge in [0.2, 0.25) is 0 Å². The summed E-state index contributed by atoms with van der Waals surface area (Å²) in [6.07, 6.45) is -3.37. The predicted octanol–water partition coefficient (Wildman–Crippen LogP) is 3.49. The summed E-state index contributed by atoms with van der Waals surface area (Å²) >= 11 is 7.33. The van der Waals surface area contributed by atoms with E-state index < -0.39 is 29.0 Å². The number of aliphatic hydroxyl groups excluding tert-OH is 4. The molecule has 5 atom stereocenters. The zero-order valence-corrected chi connectivity index (χ0v) is 18.8. The van der Waals surface area contributed by atoms with Gasteiger partial charge in [0.05, 0.1) is 18.0 Å². The second-order valence-electron chi connectivity index (χ2n) is 7.81. The molecule has 3 aromatic rings. The molecule has 1 saturated heterocycles. The minimum Gasteiger partial charge on any atom is -0.477 e. The number of halogens is 1. The maximum Gasteiger partial charge on any atom is 0.173 e. The highest BCUT2D eigenvalue weighted by Gasteiger charge is 2.44. The van der Waals surface area contributed by atoms with Crippen molar-refractivity contribution in [3.8, 4) is 16.9 Å². The number of rotatable bonds is 6. The Kier molecular flexibility index (Phi) is 7.40. The first kappa shape index (κ1) is 23.1. The fraction of sp³-hybridized carbons (Fsp3) is 0.280. The number of ether oxygens (including phenoxy) is 1. The first-order valence-electron chi connectivity index (χ1n) is 10.4. The number of benzene rings is 3. The van der Waals surface area contributed by atoms with Gasteiger partial charge in [-0.3, -0.25) is 0 Å². The summed E-state index contributed by atoms with van der Waals surface area (Å²) < 4.78 is 6.04. The van der Waals surface area contributed by atoms with Crippen molar-refractivity contribution in [3.63, 3.8) is 0 Å². The Morgan fingerprint density at radius 2 is 1.50 bits per heavy atom. The van der Waals surface area contributed by atoms with Gasteiger partial charge >= 0.3 is 0 Å². The lowest BCUT2D eigenvalue weighted by Gasteiger charge is -2.39. The van der Waals surface area contributed by atoms with Crippen molar-refractivity contribution in [2.75, 3.05) is 6.61 Å². The van der Waals surface area contributed by atoms with E-state index in [9.17, 15) is 20.4 Å². The molecule has 32 heavy (non-hydrogen) atoms. The molecule has 1 aliphatic heterocycles. The molecule has 0 aromatic heterocycles. The average molecular weight is 473 g/mol. The maximum absolute atomic E-state index is 10.4. The van der Waals surface area contributed by atoms with Crippen molar-refractivity contribution in [1.82, 2.24) is 0 Å². The van der Waals surface area contributed by atoms with E-state index in [1.54, 1.807) is 12.1 Å². The van der Waals surface area contributed by atoms with Crippen LogP contribution in [0.5, 0.6) is 5.75 Å². The highest BCUT2D eigenvalue weighted by atomic mass is 35.5. The minimum absolute atomic E-state index is 0.337. The normalized spacial score (nSPS) is 25.5. The molecular weight excluding hydrogens is 448 g/mol. The molecule has 4 N–H and O–H groups in total. The first-order valence-corrected chi connectivity index (χ1v) is 11.7. The Balaban J connectivity index is 1.54. The second-order valence-corrected chi connectivity index (χ2v) is 9.59. The molecule has 1 fully saturated rings. The van der Waals surface area contributed by atoms with Crippen LogP contribution < -0.4 is 4.74 Å². The van der Waals surface area contributed by atoms with Crippen LogP contribution >= 0.6 is 23.4 Å². The molecule has 1 aliphatic rings. The number of hydrogen-bond acceptors (Lipinski definition) is 6. The zero-order valence-electron chi connectivity index (χ0n) is 17.2. The monoisotopic (exact) mass is 472 g/mol. The van der Waals surface area contributed by atoms with Gasteiger partial charge in [-0.1, -0.05) is 66.2 Å². The molecule has 0 aliphatic carbocycles. The van der Waals surface area contributed by atoms with E-state index in [1.165, 1.54) is 0 Å². The number of hydrogen-bond donors (Lipinski definition) is 4. The molecule has 5 nitrogen and oxygen atoms in total. The molecule has 0 saturated carbocycles. The van der Waals surface area contributed by atoms with Crippen molar-refractivity contribution < 1.29 is 25.2 Å². The van der Waals surface area contributed by atoms with Crippen molar-refractivity contribution >= 4 is 23.4 Å². The zero-order chi connectivity index (χ0) is 22.7. The van der Waals surface area contributed by atoms with Crippen molar-refractivity contribution in [2.45, 2.75) is 35.4 Å². The number of aliphatic hydroxyl groups is 4. The summed E-state index contributed by atoms with van der Waals surface area (Å²) in [5.41, 5.74) is 3.33. The molecule has 0 unspecified atom stereocenters. The minimum atomic E-state index is -1.40. The van der Waals surface area contributed by atoms with Gasteiger partial charge in [-0.2, -0.15) is 0 Å². The smallest absolute Gasteiger partial charge is 0.173 e. The Morgan fingerprint density at radius 1 is 0.812 bits per heavy atom. The van der Waals surface area contributed by atoms with Crippen LogP contribution in [0.25, 0.3) is 11.1 Å². The molecule has 4 rings (SSSR count). The van der Waals surface area contributed by atoms with Gasteiger partial charge in [-0.15, -0.1) is 11.8 Å². The van der Waals surface area contributed by atoms with Gasteiger partial charge < -0.3 is 25.2 Å². The number of thioether (sulfide) groups is 1. The van der Waals surface area contributed by atoms with Crippen LogP contribution in [0.3, 0.4) is 0 Å². The van der Waals surface area contributed by atoms with Crippen LogP contribution in [-0.4, -0.2) is 56.0 Å². The van der Waals surface area contributed by atoms with Gasteiger partial charge in [0.25, 0.3) is 0 Å². The highest BCUT2D eigenvalue weighted by Crippen LogP contribution is 2.36. The Labute approximate surface area is 196 Å². The van der Waals surface area contributed by atoms with Crippen LogP contribution in [0.4, 0.5) is 0 Å². The molecule has 7 heteroatoms. The van der Waals surface area contributed by atoms with Gasteiger partial charge in [0, 0.05) is 17.0 Å². The fourth-order valence-corrected chi connectivity index (χ4v) is 5.19. The lowest BCUT2D eigenvalue weighted by Crippen LogP contribution is -2.55. The standard InChI is InChI=1S/C25H25ClO5S/c26-19-10-11-20(31-25-24(30)23(29)22(28)21(14-27)32-25)18(13-19)12-15-6-8-17(9-7-15)16-4-2-1-3-5-16/h1-11,13,21-25,27-30H,12,14H2/t21-,22+,23-,24+,25-/m0/s1.